The molecule has 0 aromatic rings. The third-order valence-electron chi connectivity index (χ3n) is 2.45. The molecule has 0 aromatic heterocycles. The first kappa shape index (κ1) is 7.35. The average Bonchev–Trinajstić information content (AvgIpc) is 2.48. The van der Waals surface area contributed by atoms with Gasteiger partial charge >= 0.3 is 0 Å². The number of carbonyl (C=O) groups excluding carboxylic acids is 1. The van der Waals surface area contributed by atoms with E-state index in [0.29, 0.717) is 5.92 Å². The first-order chi connectivity index (χ1) is 5.83. The Bertz CT molecular complexity index is 288. The number of nitrogens with zero attached hydrogens (tertiary/aromatic N) is 1. The van der Waals surface area contributed by atoms with Crippen molar-refractivity contribution >= 4 is 6.29 Å². The van der Waals surface area contributed by atoms with Crippen LogP contribution in [0.15, 0.2) is 36.1 Å². The molecule has 0 spiro atoms. The highest BCUT2D eigenvalue weighted by molar-refractivity contribution is 5.77. The number of hydrogen-bond acceptors (Lipinski definition) is 2. The van der Waals surface area contributed by atoms with E-state index in [1.807, 2.05) is 25.4 Å². The maximum absolute atomic E-state index is 10.7. The van der Waals surface area contributed by atoms with Gasteiger partial charge < -0.3 is 4.90 Å². The van der Waals surface area contributed by atoms with Gasteiger partial charge in [0.25, 0.3) is 0 Å². The van der Waals surface area contributed by atoms with Crippen molar-refractivity contribution in [3.63, 3.8) is 0 Å². The molecule has 0 aromatic carbocycles. The summed E-state index contributed by atoms with van der Waals surface area (Å²) in [6.07, 6.45) is 11.1. The maximum atomic E-state index is 10.7. The van der Waals surface area contributed by atoms with Gasteiger partial charge in [-0.25, -0.2) is 0 Å². The van der Waals surface area contributed by atoms with Crippen LogP contribution in [0.25, 0.3) is 0 Å². The molecule has 62 valence electrons. The third-order valence-corrected chi connectivity index (χ3v) is 2.45. The molecule has 0 saturated heterocycles. The Morgan fingerprint density at radius 3 is 3.08 bits per heavy atom. The van der Waals surface area contributed by atoms with Crippen molar-refractivity contribution < 1.29 is 4.79 Å². The van der Waals surface area contributed by atoms with Crippen molar-refractivity contribution in [2.75, 3.05) is 7.05 Å². The molecule has 0 bridgehead atoms. The van der Waals surface area contributed by atoms with E-state index in [9.17, 15) is 4.79 Å². The highest BCUT2D eigenvalue weighted by Gasteiger charge is 2.29. The number of rotatable bonds is 1. The molecule has 2 nitrogen and oxygen atoms in total. The van der Waals surface area contributed by atoms with Gasteiger partial charge in [0.05, 0.1) is 6.04 Å². The number of aldehydes is 1. The number of fused-ring (bicyclic) bond motifs is 1. The van der Waals surface area contributed by atoms with E-state index in [0.717, 1.165) is 11.9 Å². The van der Waals surface area contributed by atoms with Crippen molar-refractivity contribution in [3.05, 3.63) is 36.1 Å². The first-order valence-corrected chi connectivity index (χ1v) is 4.07. The quantitative estimate of drug-likeness (QED) is 0.537. The van der Waals surface area contributed by atoms with Crippen molar-refractivity contribution in [3.8, 4) is 0 Å². The second kappa shape index (κ2) is 2.63. The Morgan fingerprint density at radius 2 is 2.33 bits per heavy atom. The minimum atomic E-state index is 0.243. The van der Waals surface area contributed by atoms with Crippen molar-refractivity contribution in [2.45, 2.75) is 6.04 Å². The Morgan fingerprint density at radius 1 is 1.50 bits per heavy atom. The minimum absolute atomic E-state index is 0.243. The van der Waals surface area contributed by atoms with Gasteiger partial charge in [0.1, 0.15) is 6.29 Å². The molecule has 2 aliphatic rings. The molecule has 0 saturated carbocycles. The Labute approximate surface area is 71.9 Å². The SMILES string of the molecule is CN1C=CC2C=CC=C(C=O)C21. The Kier molecular flexibility index (Phi) is 1.61. The minimum Gasteiger partial charge on any atom is -0.373 e. The lowest BCUT2D eigenvalue weighted by atomic mass is 9.91. The van der Waals surface area contributed by atoms with Gasteiger partial charge in [-0.1, -0.05) is 24.3 Å². The predicted octanol–water partition coefficient (Wildman–Crippen LogP) is 1.13. The first-order valence-electron chi connectivity index (χ1n) is 4.07. The fraction of sp³-hybridized carbons (Fsp3) is 0.300. The molecule has 2 atom stereocenters. The summed E-state index contributed by atoms with van der Waals surface area (Å²) >= 11 is 0. The second-order valence-electron chi connectivity index (χ2n) is 3.20. The Balaban J connectivity index is 2.33. The number of carbonyl (C=O) groups is 1. The molecule has 2 heteroatoms. The van der Waals surface area contributed by atoms with Crippen molar-refractivity contribution in [1.29, 1.82) is 0 Å². The third kappa shape index (κ3) is 0.916. The van der Waals surface area contributed by atoms with E-state index in [1.54, 1.807) is 0 Å². The summed E-state index contributed by atoms with van der Waals surface area (Å²) in [6.45, 7) is 0. The van der Waals surface area contributed by atoms with Crippen LogP contribution in [0.3, 0.4) is 0 Å². The van der Waals surface area contributed by atoms with Gasteiger partial charge in [-0.15, -0.1) is 0 Å². The van der Waals surface area contributed by atoms with Crippen LogP contribution < -0.4 is 0 Å². The lowest BCUT2D eigenvalue weighted by molar-refractivity contribution is -0.105. The predicted molar refractivity (Wildman–Crippen MR) is 47.5 cm³/mol. The van der Waals surface area contributed by atoms with E-state index >= 15 is 0 Å². The fourth-order valence-corrected chi connectivity index (χ4v) is 1.83. The second-order valence-corrected chi connectivity index (χ2v) is 3.20. The largest absolute Gasteiger partial charge is 0.373 e. The van der Waals surface area contributed by atoms with Crippen LogP contribution in [0.1, 0.15) is 0 Å². The topological polar surface area (TPSA) is 20.3 Å². The fourth-order valence-electron chi connectivity index (χ4n) is 1.83. The zero-order valence-electron chi connectivity index (χ0n) is 6.97. The molecule has 0 amide bonds. The molecule has 12 heavy (non-hydrogen) atoms. The highest BCUT2D eigenvalue weighted by Crippen LogP contribution is 2.28. The summed E-state index contributed by atoms with van der Waals surface area (Å²) < 4.78 is 0. The number of likely N-dealkylation sites (N-methyl/N-ethyl adjacent to an activating group) is 1. The Hall–Kier alpha value is -1.31. The monoisotopic (exact) mass is 161 g/mol. The van der Waals surface area contributed by atoms with Crippen LogP contribution >= 0.6 is 0 Å². The summed E-state index contributed by atoms with van der Waals surface area (Å²) in [4.78, 5) is 12.8. The van der Waals surface area contributed by atoms with E-state index in [2.05, 4.69) is 17.1 Å². The van der Waals surface area contributed by atoms with Crippen LogP contribution in [0.4, 0.5) is 0 Å². The average molecular weight is 161 g/mol. The molecule has 1 aliphatic carbocycles. The molecule has 1 heterocycles. The van der Waals surface area contributed by atoms with Crippen molar-refractivity contribution in [1.82, 2.24) is 4.90 Å². The summed E-state index contributed by atoms with van der Waals surface area (Å²) in [5, 5.41) is 0. The van der Waals surface area contributed by atoms with Crippen LogP contribution in [-0.2, 0) is 4.79 Å². The van der Waals surface area contributed by atoms with Crippen LogP contribution in [-0.4, -0.2) is 24.3 Å². The van der Waals surface area contributed by atoms with Gasteiger partial charge in [-0.2, -0.15) is 0 Å². The summed E-state index contributed by atoms with van der Waals surface area (Å²) in [5.74, 6) is 0.389. The van der Waals surface area contributed by atoms with E-state index < -0.39 is 0 Å². The number of hydrogen-bond donors (Lipinski definition) is 0. The molecular formula is C10H11NO. The summed E-state index contributed by atoms with van der Waals surface area (Å²) in [6, 6.07) is 0.243. The number of allylic oxidation sites excluding steroid dienone is 2. The standard InChI is InChI=1S/C10H11NO/c1-11-6-5-8-3-2-4-9(7-12)10(8)11/h2-8,10H,1H3. The normalized spacial score (nSPS) is 31.8. The molecule has 0 fully saturated rings. The molecule has 0 radical (unpaired) electrons. The zero-order chi connectivity index (χ0) is 8.55. The summed E-state index contributed by atoms with van der Waals surface area (Å²) in [7, 11) is 2.00. The molecule has 1 aliphatic heterocycles. The van der Waals surface area contributed by atoms with E-state index in [-0.39, 0.29) is 6.04 Å². The maximum Gasteiger partial charge on any atom is 0.148 e. The van der Waals surface area contributed by atoms with Crippen molar-refractivity contribution in [2.24, 2.45) is 5.92 Å². The van der Waals surface area contributed by atoms with Gasteiger partial charge in [0.2, 0.25) is 0 Å². The lowest BCUT2D eigenvalue weighted by Crippen LogP contribution is -2.31. The van der Waals surface area contributed by atoms with Gasteiger partial charge in [-0.3, -0.25) is 4.79 Å². The summed E-state index contributed by atoms with van der Waals surface area (Å²) in [5.41, 5.74) is 0.870. The molecule has 2 unspecified atom stereocenters. The lowest BCUT2D eigenvalue weighted by Gasteiger charge is -2.26. The highest BCUT2D eigenvalue weighted by atomic mass is 16.1. The van der Waals surface area contributed by atoms with Gasteiger partial charge in [0.15, 0.2) is 0 Å². The molecular weight excluding hydrogens is 150 g/mol. The van der Waals surface area contributed by atoms with E-state index in [1.165, 1.54) is 0 Å². The molecule has 2 rings (SSSR count). The smallest absolute Gasteiger partial charge is 0.148 e. The van der Waals surface area contributed by atoms with E-state index in [4.69, 9.17) is 0 Å². The van der Waals surface area contributed by atoms with Crippen LogP contribution in [0, 0.1) is 5.92 Å². The van der Waals surface area contributed by atoms with Crippen LogP contribution in [0.2, 0.25) is 0 Å². The van der Waals surface area contributed by atoms with Crippen LogP contribution in [0.5, 0.6) is 0 Å². The molecule has 0 N–H and O–H groups in total. The zero-order valence-corrected chi connectivity index (χ0v) is 6.97. The van der Waals surface area contributed by atoms with Gasteiger partial charge in [-0.05, 0) is 6.20 Å². The van der Waals surface area contributed by atoms with Gasteiger partial charge in [0, 0.05) is 18.5 Å².